The number of nitrogens with zero attached hydrogens (tertiary/aromatic N) is 4. The van der Waals surface area contributed by atoms with Crippen LogP contribution < -0.4 is 0 Å². The number of halogens is 2. The SMILES string of the molecule is CC(C)(C)c1nc(CSc2nc3ccccc3n2C(F)F)no1. The molecule has 1 aromatic carbocycles. The summed E-state index contributed by atoms with van der Waals surface area (Å²) >= 11 is 1.17. The van der Waals surface area contributed by atoms with Gasteiger partial charge in [-0.15, -0.1) is 0 Å². The van der Waals surface area contributed by atoms with E-state index < -0.39 is 6.55 Å². The average molecular weight is 338 g/mol. The van der Waals surface area contributed by atoms with Gasteiger partial charge in [0.05, 0.1) is 16.8 Å². The molecule has 3 rings (SSSR count). The summed E-state index contributed by atoms with van der Waals surface area (Å²) < 4.78 is 32.8. The molecule has 0 saturated heterocycles. The Balaban J connectivity index is 1.84. The van der Waals surface area contributed by atoms with E-state index in [0.29, 0.717) is 28.5 Å². The topological polar surface area (TPSA) is 56.7 Å². The fraction of sp³-hybridized carbons (Fsp3) is 0.400. The maximum Gasteiger partial charge on any atom is 0.321 e. The summed E-state index contributed by atoms with van der Waals surface area (Å²) in [4.78, 5) is 8.57. The summed E-state index contributed by atoms with van der Waals surface area (Å²) in [6, 6.07) is 6.83. The van der Waals surface area contributed by atoms with Gasteiger partial charge in [-0.3, -0.25) is 4.57 Å². The van der Waals surface area contributed by atoms with Gasteiger partial charge in [-0.2, -0.15) is 13.8 Å². The van der Waals surface area contributed by atoms with E-state index in [1.165, 1.54) is 11.8 Å². The molecular formula is C15H16F2N4OS. The highest BCUT2D eigenvalue weighted by atomic mass is 32.2. The number of rotatable bonds is 4. The van der Waals surface area contributed by atoms with Crippen molar-refractivity contribution < 1.29 is 13.3 Å². The van der Waals surface area contributed by atoms with E-state index in [1.807, 2.05) is 20.8 Å². The molecular weight excluding hydrogens is 322 g/mol. The molecule has 0 radical (unpaired) electrons. The van der Waals surface area contributed by atoms with Crippen molar-refractivity contribution in [1.29, 1.82) is 0 Å². The predicted octanol–water partition coefficient (Wildman–Crippen LogP) is 4.40. The number of para-hydroxylation sites is 2. The largest absolute Gasteiger partial charge is 0.339 e. The van der Waals surface area contributed by atoms with E-state index >= 15 is 0 Å². The number of aromatic nitrogens is 4. The number of benzene rings is 1. The molecule has 0 bridgehead atoms. The number of imidazole rings is 1. The van der Waals surface area contributed by atoms with Crippen molar-refractivity contribution in [2.24, 2.45) is 0 Å². The Bertz CT molecular complexity index is 822. The van der Waals surface area contributed by atoms with E-state index in [1.54, 1.807) is 24.3 Å². The Morgan fingerprint density at radius 1 is 1.22 bits per heavy atom. The Morgan fingerprint density at radius 2 is 1.96 bits per heavy atom. The number of hydrogen-bond acceptors (Lipinski definition) is 5. The maximum absolute atomic E-state index is 13.3. The molecule has 2 heterocycles. The van der Waals surface area contributed by atoms with Crippen molar-refractivity contribution in [3.63, 3.8) is 0 Å². The molecule has 23 heavy (non-hydrogen) atoms. The Kier molecular flexibility index (Phi) is 4.09. The molecule has 0 unspecified atom stereocenters. The number of thioether (sulfide) groups is 1. The molecule has 0 spiro atoms. The molecule has 0 aliphatic rings. The molecule has 8 heteroatoms. The number of alkyl halides is 2. The summed E-state index contributed by atoms with van der Waals surface area (Å²) in [5.41, 5.74) is 0.707. The van der Waals surface area contributed by atoms with Crippen LogP contribution in [0.5, 0.6) is 0 Å². The molecule has 122 valence electrons. The zero-order chi connectivity index (χ0) is 16.6. The van der Waals surface area contributed by atoms with Gasteiger partial charge >= 0.3 is 6.55 Å². The van der Waals surface area contributed by atoms with Gasteiger partial charge in [0, 0.05) is 5.41 Å². The van der Waals surface area contributed by atoms with E-state index in [0.717, 1.165) is 4.57 Å². The van der Waals surface area contributed by atoms with Gasteiger partial charge in [0.2, 0.25) is 5.89 Å². The standard InChI is InChI=1S/C15H16F2N4OS/c1-15(2,3)12-19-11(20-22-12)8-23-14-18-9-6-4-5-7-10(9)21(14)13(16)17/h4-7,13H,8H2,1-3H3. The summed E-state index contributed by atoms with van der Waals surface area (Å²) in [6.45, 7) is 3.25. The fourth-order valence-electron chi connectivity index (χ4n) is 2.06. The van der Waals surface area contributed by atoms with E-state index in [9.17, 15) is 8.78 Å². The first kappa shape index (κ1) is 15.9. The maximum atomic E-state index is 13.3. The van der Waals surface area contributed by atoms with Crippen LogP contribution in [0.4, 0.5) is 8.78 Å². The monoisotopic (exact) mass is 338 g/mol. The summed E-state index contributed by atoms with van der Waals surface area (Å²) in [6.07, 6.45) is 0. The number of hydrogen-bond donors (Lipinski definition) is 0. The predicted molar refractivity (Wildman–Crippen MR) is 83.5 cm³/mol. The Labute approximate surface area is 136 Å². The van der Waals surface area contributed by atoms with Gasteiger partial charge in [0.25, 0.3) is 0 Å². The van der Waals surface area contributed by atoms with Crippen LogP contribution in [0.3, 0.4) is 0 Å². The van der Waals surface area contributed by atoms with Crippen LogP contribution in [-0.4, -0.2) is 19.7 Å². The van der Waals surface area contributed by atoms with Gasteiger partial charge in [-0.05, 0) is 12.1 Å². The highest BCUT2D eigenvalue weighted by Gasteiger charge is 2.23. The van der Waals surface area contributed by atoms with Gasteiger partial charge < -0.3 is 4.52 Å². The molecule has 0 amide bonds. The molecule has 0 fully saturated rings. The molecule has 0 saturated carbocycles. The molecule has 0 N–H and O–H groups in total. The van der Waals surface area contributed by atoms with Crippen LogP contribution >= 0.6 is 11.8 Å². The van der Waals surface area contributed by atoms with Gasteiger partial charge in [-0.25, -0.2) is 4.98 Å². The lowest BCUT2D eigenvalue weighted by Gasteiger charge is -2.10. The second kappa shape index (κ2) is 5.92. The van der Waals surface area contributed by atoms with E-state index in [4.69, 9.17) is 4.52 Å². The molecule has 0 atom stereocenters. The minimum Gasteiger partial charge on any atom is -0.339 e. The van der Waals surface area contributed by atoms with Crippen LogP contribution in [-0.2, 0) is 11.2 Å². The minimum absolute atomic E-state index is 0.239. The van der Waals surface area contributed by atoms with Gasteiger partial charge in [0.15, 0.2) is 11.0 Å². The first-order valence-electron chi connectivity index (χ1n) is 7.07. The van der Waals surface area contributed by atoms with Gasteiger partial charge in [0.1, 0.15) is 0 Å². The molecule has 3 aromatic rings. The van der Waals surface area contributed by atoms with Gasteiger partial charge in [-0.1, -0.05) is 49.8 Å². The highest BCUT2D eigenvalue weighted by molar-refractivity contribution is 7.98. The summed E-state index contributed by atoms with van der Waals surface area (Å²) in [5.74, 6) is 1.30. The van der Waals surface area contributed by atoms with Crippen molar-refractivity contribution in [3.05, 3.63) is 36.0 Å². The van der Waals surface area contributed by atoms with Crippen molar-refractivity contribution in [3.8, 4) is 0 Å². The van der Waals surface area contributed by atoms with Crippen LogP contribution in [0.1, 0.15) is 39.0 Å². The summed E-state index contributed by atoms with van der Waals surface area (Å²) in [5, 5.41) is 4.13. The first-order chi connectivity index (χ1) is 10.9. The first-order valence-corrected chi connectivity index (χ1v) is 8.06. The number of fused-ring (bicyclic) bond motifs is 1. The van der Waals surface area contributed by atoms with Crippen molar-refractivity contribution >= 4 is 22.8 Å². The third-order valence-corrected chi connectivity index (χ3v) is 4.15. The quantitative estimate of drug-likeness (QED) is 0.660. The van der Waals surface area contributed by atoms with Crippen molar-refractivity contribution in [2.45, 2.75) is 43.6 Å². The minimum atomic E-state index is -2.65. The summed E-state index contributed by atoms with van der Waals surface area (Å²) in [7, 11) is 0. The zero-order valence-electron chi connectivity index (χ0n) is 13.0. The van der Waals surface area contributed by atoms with E-state index in [2.05, 4.69) is 15.1 Å². The second-order valence-corrected chi connectivity index (χ2v) is 7.03. The fourth-order valence-corrected chi connectivity index (χ4v) is 2.91. The highest BCUT2D eigenvalue weighted by Crippen LogP contribution is 2.31. The third kappa shape index (κ3) is 3.21. The van der Waals surface area contributed by atoms with E-state index in [-0.39, 0.29) is 10.6 Å². The lowest BCUT2D eigenvalue weighted by atomic mass is 9.97. The van der Waals surface area contributed by atoms with Crippen molar-refractivity contribution in [2.75, 3.05) is 0 Å². The van der Waals surface area contributed by atoms with Crippen LogP contribution in [0.15, 0.2) is 33.9 Å². The van der Waals surface area contributed by atoms with Crippen LogP contribution in [0.25, 0.3) is 11.0 Å². The molecule has 0 aliphatic heterocycles. The smallest absolute Gasteiger partial charge is 0.321 e. The Hall–Kier alpha value is -1.96. The van der Waals surface area contributed by atoms with Crippen LogP contribution in [0, 0.1) is 0 Å². The Morgan fingerprint density at radius 3 is 2.61 bits per heavy atom. The van der Waals surface area contributed by atoms with Crippen molar-refractivity contribution in [1.82, 2.24) is 19.7 Å². The third-order valence-electron chi connectivity index (χ3n) is 3.20. The lowest BCUT2D eigenvalue weighted by Crippen LogP contribution is -2.11. The molecule has 0 aliphatic carbocycles. The second-order valence-electron chi connectivity index (χ2n) is 6.09. The zero-order valence-corrected chi connectivity index (χ0v) is 13.8. The normalized spacial score (nSPS) is 12.4. The molecule has 5 nitrogen and oxygen atoms in total. The van der Waals surface area contributed by atoms with Crippen LogP contribution in [0.2, 0.25) is 0 Å². The average Bonchev–Trinajstić information content (AvgIpc) is 3.08. The lowest BCUT2D eigenvalue weighted by molar-refractivity contribution is 0.0656. The molecule has 2 aromatic heterocycles.